The van der Waals surface area contributed by atoms with Crippen molar-refractivity contribution >= 4 is 0 Å². The zero-order valence-corrected chi connectivity index (χ0v) is 12.2. The fourth-order valence-electron chi connectivity index (χ4n) is 1.80. The molecule has 1 aromatic rings. The van der Waals surface area contributed by atoms with Crippen molar-refractivity contribution < 1.29 is 4.74 Å². The SMILES string of the molecule is CCCNC(COCc1ccccc1)C(C)(C)C. The lowest BCUT2D eigenvalue weighted by atomic mass is 9.87. The molecule has 1 atom stereocenters. The second-order valence-electron chi connectivity index (χ2n) is 5.87. The van der Waals surface area contributed by atoms with Crippen LogP contribution >= 0.6 is 0 Å². The lowest BCUT2D eigenvalue weighted by Gasteiger charge is -2.31. The van der Waals surface area contributed by atoms with E-state index in [4.69, 9.17) is 4.74 Å². The van der Waals surface area contributed by atoms with E-state index < -0.39 is 0 Å². The van der Waals surface area contributed by atoms with Crippen LogP contribution in [0.2, 0.25) is 0 Å². The minimum absolute atomic E-state index is 0.228. The van der Waals surface area contributed by atoms with Crippen molar-refractivity contribution in [3.8, 4) is 0 Å². The molecule has 0 spiro atoms. The monoisotopic (exact) mass is 249 g/mol. The van der Waals surface area contributed by atoms with Gasteiger partial charge in [-0.3, -0.25) is 0 Å². The lowest BCUT2D eigenvalue weighted by molar-refractivity contribution is 0.0653. The molecule has 2 heteroatoms. The summed E-state index contributed by atoms with van der Waals surface area (Å²) in [5, 5.41) is 3.57. The number of hydrogen-bond acceptors (Lipinski definition) is 2. The number of hydrogen-bond donors (Lipinski definition) is 1. The summed E-state index contributed by atoms with van der Waals surface area (Å²) in [6, 6.07) is 10.7. The van der Waals surface area contributed by atoms with Crippen LogP contribution in [0, 0.1) is 5.41 Å². The Kier molecular flexibility index (Phi) is 6.37. The number of benzene rings is 1. The van der Waals surface area contributed by atoms with E-state index in [0.29, 0.717) is 12.6 Å². The highest BCUT2D eigenvalue weighted by atomic mass is 16.5. The molecule has 1 aromatic carbocycles. The van der Waals surface area contributed by atoms with Crippen LogP contribution in [0.25, 0.3) is 0 Å². The van der Waals surface area contributed by atoms with Gasteiger partial charge in [-0.25, -0.2) is 0 Å². The first kappa shape index (κ1) is 15.2. The molecule has 0 aliphatic rings. The van der Waals surface area contributed by atoms with E-state index in [2.05, 4.69) is 57.3 Å². The van der Waals surface area contributed by atoms with Crippen LogP contribution in [-0.2, 0) is 11.3 Å². The third kappa shape index (κ3) is 5.65. The van der Waals surface area contributed by atoms with Gasteiger partial charge in [-0.2, -0.15) is 0 Å². The third-order valence-electron chi connectivity index (χ3n) is 3.08. The van der Waals surface area contributed by atoms with Gasteiger partial charge in [-0.15, -0.1) is 0 Å². The quantitative estimate of drug-likeness (QED) is 0.797. The topological polar surface area (TPSA) is 21.3 Å². The summed E-state index contributed by atoms with van der Waals surface area (Å²) < 4.78 is 5.84. The number of ether oxygens (including phenoxy) is 1. The van der Waals surface area contributed by atoms with Gasteiger partial charge < -0.3 is 10.1 Å². The lowest BCUT2D eigenvalue weighted by Crippen LogP contribution is -2.44. The molecule has 1 unspecified atom stereocenters. The molecule has 0 saturated carbocycles. The van der Waals surface area contributed by atoms with E-state index in [9.17, 15) is 0 Å². The molecule has 0 fully saturated rings. The first-order valence-corrected chi connectivity index (χ1v) is 6.89. The summed E-state index contributed by atoms with van der Waals surface area (Å²) in [5.41, 5.74) is 1.46. The maximum Gasteiger partial charge on any atom is 0.0717 e. The Labute approximate surface area is 112 Å². The van der Waals surface area contributed by atoms with Crippen molar-refractivity contribution in [1.82, 2.24) is 5.32 Å². The molecule has 0 radical (unpaired) electrons. The summed E-state index contributed by atoms with van der Waals surface area (Å²) in [5.74, 6) is 0. The van der Waals surface area contributed by atoms with Gasteiger partial charge in [-0.05, 0) is 23.9 Å². The standard InChI is InChI=1S/C16H27NO/c1-5-11-17-15(16(2,3)4)13-18-12-14-9-7-6-8-10-14/h6-10,15,17H,5,11-13H2,1-4H3. The normalized spacial score (nSPS) is 13.6. The predicted molar refractivity (Wildman–Crippen MR) is 77.6 cm³/mol. The first-order valence-electron chi connectivity index (χ1n) is 6.89. The Morgan fingerprint density at radius 3 is 2.39 bits per heavy atom. The van der Waals surface area contributed by atoms with Crippen molar-refractivity contribution in [2.45, 2.75) is 46.8 Å². The third-order valence-corrected chi connectivity index (χ3v) is 3.08. The minimum Gasteiger partial charge on any atom is -0.375 e. The highest BCUT2D eigenvalue weighted by Gasteiger charge is 2.23. The van der Waals surface area contributed by atoms with E-state index in [-0.39, 0.29) is 5.41 Å². The van der Waals surface area contributed by atoms with Gasteiger partial charge in [0.05, 0.1) is 13.2 Å². The van der Waals surface area contributed by atoms with Gasteiger partial charge in [0.25, 0.3) is 0 Å². The van der Waals surface area contributed by atoms with Crippen LogP contribution in [-0.4, -0.2) is 19.2 Å². The van der Waals surface area contributed by atoms with Gasteiger partial charge >= 0.3 is 0 Å². The molecule has 1 N–H and O–H groups in total. The van der Waals surface area contributed by atoms with Crippen LogP contribution in [0.3, 0.4) is 0 Å². The smallest absolute Gasteiger partial charge is 0.0717 e. The van der Waals surface area contributed by atoms with Gasteiger partial charge in [0.2, 0.25) is 0 Å². The Morgan fingerprint density at radius 2 is 1.83 bits per heavy atom. The van der Waals surface area contributed by atoms with Crippen LogP contribution in [0.1, 0.15) is 39.7 Å². The predicted octanol–water partition coefficient (Wildman–Crippen LogP) is 3.62. The second kappa shape index (κ2) is 7.55. The van der Waals surface area contributed by atoms with Crippen LogP contribution in [0.5, 0.6) is 0 Å². The summed E-state index contributed by atoms with van der Waals surface area (Å²) in [7, 11) is 0. The summed E-state index contributed by atoms with van der Waals surface area (Å²) in [4.78, 5) is 0. The molecule has 0 aliphatic carbocycles. The molecule has 0 saturated heterocycles. The minimum atomic E-state index is 0.228. The first-order chi connectivity index (χ1) is 8.54. The fraction of sp³-hybridized carbons (Fsp3) is 0.625. The van der Waals surface area contributed by atoms with E-state index in [1.165, 1.54) is 5.56 Å². The van der Waals surface area contributed by atoms with E-state index in [0.717, 1.165) is 19.6 Å². The molecule has 0 amide bonds. The average Bonchev–Trinajstić information content (AvgIpc) is 2.33. The Morgan fingerprint density at radius 1 is 1.17 bits per heavy atom. The Bertz CT molecular complexity index is 316. The molecule has 1 rings (SSSR count). The molecule has 0 aliphatic heterocycles. The van der Waals surface area contributed by atoms with Gasteiger partial charge in [-0.1, -0.05) is 58.0 Å². The summed E-state index contributed by atoms with van der Waals surface area (Å²) in [6.07, 6.45) is 1.16. The van der Waals surface area contributed by atoms with Crippen molar-refractivity contribution in [3.05, 3.63) is 35.9 Å². The molecule has 18 heavy (non-hydrogen) atoms. The molecular formula is C16H27NO. The maximum atomic E-state index is 5.84. The van der Waals surface area contributed by atoms with E-state index in [1.807, 2.05) is 6.07 Å². The fourth-order valence-corrected chi connectivity index (χ4v) is 1.80. The Balaban J connectivity index is 2.38. The highest BCUT2D eigenvalue weighted by Crippen LogP contribution is 2.19. The van der Waals surface area contributed by atoms with Crippen molar-refractivity contribution in [3.63, 3.8) is 0 Å². The highest BCUT2D eigenvalue weighted by molar-refractivity contribution is 5.13. The van der Waals surface area contributed by atoms with E-state index in [1.54, 1.807) is 0 Å². The Hall–Kier alpha value is -0.860. The van der Waals surface area contributed by atoms with Crippen molar-refractivity contribution in [2.24, 2.45) is 5.41 Å². The van der Waals surface area contributed by atoms with Crippen molar-refractivity contribution in [1.29, 1.82) is 0 Å². The maximum absolute atomic E-state index is 5.84. The van der Waals surface area contributed by atoms with Gasteiger partial charge in [0.1, 0.15) is 0 Å². The molecule has 2 nitrogen and oxygen atoms in total. The number of rotatable bonds is 7. The average molecular weight is 249 g/mol. The molecular weight excluding hydrogens is 222 g/mol. The summed E-state index contributed by atoms with van der Waals surface area (Å²) in [6.45, 7) is 11.5. The zero-order chi connectivity index (χ0) is 13.4. The summed E-state index contributed by atoms with van der Waals surface area (Å²) >= 11 is 0. The molecule has 0 aromatic heterocycles. The largest absolute Gasteiger partial charge is 0.375 e. The van der Waals surface area contributed by atoms with Gasteiger partial charge in [0.15, 0.2) is 0 Å². The van der Waals surface area contributed by atoms with Crippen LogP contribution in [0.15, 0.2) is 30.3 Å². The molecule has 0 heterocycles. The van der Waals surface area contributed by atoms with E-state index >= 15 is 0 Å². The zero-order valence-electron chi connectivity index (χ0n) is 12.2. The molecule has 0 bridgehead atoms. The second-order valence-corrected chi connectivity index (χ2v) is 5.87. The number of nitrogens with one attached hydrogen (secondary N) is 1. The van der Waals surface area contributed by atoms with Crippen LogP contribution < -0.4 is 5.32 Å². The molecule has 102 valence electrons. The van der Waals surface area contributed by atoms with Crippen LogP contribution in [0.4, 0.5) is 0 Å². The van der Waals surface area contributed by atoms with Crippen molar-refractivity contribution in [2.75, 3.05) is 13.2 Å². The van der Waals surface area contributed by atoms with Gasteiger partial charge in [0, 0.05) is 6.04 Å².